The van der Waals surface area contributed by atoms with E-state index in [0.29, 0.717) is 32.9 Å². The highest BCUT2D eigenvalue weighted by Gasteiger charge is 2.16. The van der Waals surface area contributed by atoms with Crippen LogP contribution >= 0.6 is 23.2 Å². The van der Waals surface area contributed by atoms with Crippen LogP contribution in [-0.4, -0.2) is 25.7 Å². The van der Waals surface area contributed by atoms with E-state index in [1.807, 2.05) is 18.2 Å². The molecule has 0 bridgehead atoms. The molecule has 0 fully saturated rings. The molecular formula is C15H11Cl2N5O. The minimum Gasteiger partial charge on any atom is -0.306 e. The third-order valence-corrected chi connectivity index (χ3v) is 3.88. The number of anilines is 1. The van der Waals surface area contributed by atoms with Gasteiger partial charge in [-0.3, -0.25) is 4.79 Å². The highest BCUT2D eigenvalue weighted by Crippen LogP contribution is 2.23. The average Bonchev–Trinajstić information content (AvgIpc) is 2.93. The Bertz CT molecular complexity index is 864. The maximum Gasteiger partial charge on any atom is 0.260 e. The van der Waals surface area contributed by atoms with Gasteiger partial charge in [0.1, 0.15) is 5.82 Å². The molecule has 8 heteroatoms. The normalized spacial score (nSPS) is 10.6. The number of carbonyl (C=O) groups is 1. The summed E-state index contributed by atoms with van der Waals surface area (Å²) in [6.45, 7) is 1.79. The monoisotopic (exact) mass is 347 g/mol. The van der Waals surface area contributed by atoms with Gasteiger partial charge in [0, 0.05) is 18.5 Å². The molecule has 3 rings (SSSR count). The van der Waals surface area contributed by atoms with Crippen LogP contribution < -0.4 is 5.32 Å². The zero-order valence-corrected chi connectivity index (χ0v) is 13.5. The van der Waals surface area contributed by atoms with E-state index in [1.165, 1.54) is 18.5 Å². The fourth-order valence-corrected chi connectivity index (χ4v) is 2.26. The third kappa shape index (κ3) is 3.18. The molecule has 3 aromatic heterocycles. The molecule has 0 aliphatic rings. The summed E-state index contributed by atoms with van der Waals surface area (Å²) in [6, 6.07) is 6.96. The van der Waals surface area contributed by atoms with Gasteiger partial charge < -0.3 is 5.32 Å². The number of nitrogens with one attached hydrogen (secondary N) is 1. The molecule has 0 aliphatic carbocycles. The Morgan fingerprint density at radius 1 is 1.17 bits per heavy atom. The Hall–Kier alpha value is -2.44. The van der Waals surface area contributed by atoms with E-state index in [2.05, 4.69) is 20.4 Å². The molecule has 6 nitrogen and oxygen atoms in total. The summed E-state index contributed by atoms with van der Waals surface area (Å²) in [5.74, 6) is 0.613. The first-order valence-electron chi connectivity index (χ1n) is 6.64. The van der Waals surface area contributed by atoms with E-state index in [9.17, 15) is 4.79 Å². The average molecular weight is 348 g/mol. The smallest absolute Gasteiger partial charge is 0.260 e. The second-order valence-corrected chi connectivity index (χ2v) is 5.50. The molecule has 0 aliphatic heterocycles. The summed E-state index contributed by atoms with van der Waals surface area (Å²) in [5.41, 5.74) is 1.09. The maximum atomic E-state index is 12.4. The fraction of sp³-hybridized carbons (Fsp3) is 0.0667. The SMILES string of the molecule is Cc1c(C(=O)Nc2cc(Cl)c(Cl)cn2)cnn1-c1ccccn1. The molecule has 0 saturated carbocycles. The summed E-state index contributed by atoms with van der Waals surface area (Å²) in [5, 5.41) is 7.51. The number of hydrogen-bond acceptors (Lipinski definition) is 4. The number of carbonyl (C=O) groups excluding carboxylic acids is 1. The van der Waals surface area contributed by atoms with Crippen molar-refractivity contribution in [3.05, 3.63) is 64.2 Å². The summed E-state index contributed by atoms with van der Waals surface area (Å²) in [7, 11) is 0. The Morgan fingerprint density at radius 2 is 2.00 bits per heavy atom. The highest BCUT2D eigenvalue weighted by molar-refractivity contribution is 6.42. The highest BCUT2D eigenvalue weighted by atomic mass is 35.5. The van der Waals surface area contributed by atoms with Crippen LogP contribution in [0.15, 0.2) is 42.9 Å². The van der Waals surface area contributed by atoms with Gasteiger partial charge in [0.2, 0.25) is 0 Å². The van der Waals surface area contributed by atoms with Crippen molar-refractivity contribution in [2.75, 3.05) is 5.32 Å². The molecular weight excluding hydrogens is 337 g/mol. The number of rotatable bonds is 3. The molecule has 116 valence electrons. The molecule has 0 saturated heterocycles. The van der Waals surface area contributed by atoms with Crippen LogP contribution in [0, 0.1) is 6.92 Å². The first kappa shape index (κ1) is 15.5. The van der Waals surface area contributed by atoms with Gasteiger partial charge in [-0.25, -0.2) is 14.6 Å². The third-order valence-electron chi connectivity index (χ3n) is 3.17. The van der Waals surface area contributed by atoms with Crippen molar-refractivity contribution in [1.29, 1.82) is 0 Å². The number of pyridine rings is 2. The zero-order chi connectivity index (χ0) is 16.4. The van der Waals surface area contributed by atoms with Crippen molar-refractivity contribution in [2.45, 2.75) is 6.92 Å². The van der Waals surface area contributed by atoms with E-state index in [0.717, 1.165) is 0 Å². The molecule has 0 spiro atoms. The number of halogens is 2. The van der Waals surface area contributed by atoms with Gasteiger partial charge in [-0.05, 0) is 19.1 Å². The first-order chi connectivity index (χ1) is 11.1. The van der Waals surface area contributed by atoms with Crippen molar-refractivity contribution < 1.29 is 4.79 Å². The van der Waals surface area contributed by atoms with Crippen LogP contribution in [0.25, 0.3) is 5.82 Å². The number of amides is 1. The van der Waals surface area contributed by atoms with Crippen molar-refractivity contribution in [3.8, 4) is 5.82 Å². The van der Waals surface area contributed by atoms with Crippen LogP contribution in [0.1, 0.15) is 16.1 Å². The largest absolute Gasteiger partial charge is 0.306 e. The van der Waals surface area contributed by atoms with E-state index in [4.69, 9.17) is 23.2 Å². The van der Waals surface area contributed by atoms with E-state index < -0.39 is 0 Å². The van der Waals surface area contributed by atoms with Gasteiger partial charge in [-0.1, -0.05) is 29.3 Å². The summed E-state index contributed by atoms with van der Waals surface area (Å²) in [4.78, 5) is 20.6. The number of nitrogens with zero attached hydrogens (tertiary/aromatic N) is 4. The molecule has 1 N–H and O–H groups in total. The van der Waals surface area contributed by atoms with Crippen LogP contribution in [0.2, 0.25) is 10.0 Å². The zero-order valence-electron chi connectivity index (χ0n) is 12.0. The standard InChI is InChI=1S/C15H11Cl2N5O/c1-9-10(7-20-22(9)14-4-2-3-5-18-14)15(23)21-13-6-11(16)12(17)8-19-13/h2-8H,1H3,(H,19,21,23). The molecule has 1 amide bonds. The molecule has 23 heavy (non-hydrogen) atoms. The fourth-order valence-electron chi connectivity index (χ4n) is 2.01. The van der Waals surface area contributed by atoms with Crippen molar-refractivity contribution in [1.82, 2.24) is 19.7 Å². The Balaban J connectivity index is 1.86. The van der Waals surface area contributed by atoms with Crippen molar-refractivity contribution in [2.24, 2.45) is 0 Å². The molecule has 0 radical (unpaired) electrons. The summed E-state index contributed by atoms with van der Waals surface area (Å²) in [6.07, 6.45) is 4.52. The second kappa shape index (κ2) is 6.36. The minimum absolute atomic E-state index is 0.314. The van der Waals surface area contributed by atoms with Gasteiger partial charge in [0.15, 0.2) is 5.82 Å². The van der Waals surface area contributed by atoms with Crippen LogP contribution in [-0.2, 0) is 0 Å². The van der Waals surface area contributed by atoms with Gasteiger partial charge in [0.05, 0.1) is 27.5 Å². The lowest BCUT2D eigenvalue weighted by molar-refractivity contribution is 0.102. The minimum atomic E-state index is -0.337. The molecule has 3 heterocycles. The molecule has 3 aromatic rings. The van der Waals surface area contributed by atoms with E-state index in [-0.39, 0.29) is 5.91 Å². The lowest BCUT2D eigenvalue weighted by Gasteiger charge is -2.06. The number of aromatic nitrogens is 4. The van der Waals surface area contributed by atoms with Crippen molar-refractivity contribution >= 4 is 34.9 Å². The van der Waals surface area contributed by atoms with Gasteiger partial charge in [-0.15, -0.1) is 0 Å². The van der Waals surface area contributed by atoms with E-state index in [1.54, 1.807) is 17.8 Å². The van der Waals surface area contributed by atoms with E-state index >= 15 is 0 Å². The lowest BCUT2D eigenvalue weighted by Crippen LogP contribution is -2.14. The van der Waals surface area contributed by atoms with Crippen molar-refractivity contribution in [3.63, 3.8) is 0 Å². The predicted molar refractivity (Wildman–Crippen MR) is 88.3 cm³/mol. The predicted octanol–water partition coefficient (Wildman–Crippen LogP) is 3.53. The van der Waals surface area contributed by atoms with Gasteiger partial charge >= 0.3 is 0 Å². The Labute approximate surface area is 142 Å². The molecule has 0 atom stereocenters. The van der Waals surface area contributed by atoms with Crippen LogP contribution in [0.5, 0.6) is 0 Å². The van der Waals surface area contributed by atoms with Gasteiger partial charge in [0.25, 0.3) is 5.91 Å². The number of hydrogen-bond donors (Lipinski definition) is 1. The summed E-state index contributed by atoms with van der Waals surface area (Å²) < 4.78 is 1.59. The first-order valence-corrected chi connectivity index (χ1v) is 7.40. The topological polar surface area (TPSA) is 72.7 Å². The quantitative estimate of drug-likeness (QED) is 0.786. The van der Waals surface area contributed by atoms with Crippen LogP contribution in [0.4, 0.5) is 5.82 Å². The lowest BCUT2D eigenvalue weighted by atomic mass is 10.2. The Kier molecular flexibility index (Phi) is 4.27. The second-order valence-electron chi connectivity index (χ2n) is 4.68. The Morgan fingerprint density at radius 3 is 2.70 bits per heavy atom. The maximum absolute atomic E-state index is 12.4. The van der Waals surface area contributed by atoms with Crippen LogP contribution in [0.3, 0.4) is 0 Å². The van der Waals surface area contributed by atoms with Gasteiger partial charge in [-0.2, -0.15) is 5.10 Å². The molecule has 0 aromatic carbocycles. The summed E-state index contributed by atoms with van der Waals surface area (Å²) >= 11 is 11.7. The molecule has 0 unspecified atom stereocenters.